The van der Waals surface area contributed by atoms with E-state index in [1.165, 1.54) is 6.42 Å². The summed E-state index contributed by atoms with van der Waals surface area (Å²) in [6, 6.07) is 0. The minimum atomic E-state index is 0. The SMILES string of the molecule is Cl.O=C(NCCN1CCNCC1)C1CCCS1. The molecule has 2 rings (SSSR count). The van der Waals surface area contributed by atoms with Crippen LogP contribution in [0.2, 0.25) is 0 Å². The fourth-order valence-corrected chi connectivity index (χ4v) is 3.36. The first kappa shape index (κ1) is 15.1. The fourth-order valence-electron chi connectivity index (χ4n) is 2.17. The lowest BCUT2D eigenvalue weighted by atomic mass is 10.2. The Bertz CT molecular complexity index is 231. The summed E-state index contributed by atoms with van der Waals surface area (Å²) >= 11 is 1.80. The molecule has 0 aliphatic carbocycles. The molecule has 6 heteroatoms. The Kier molecular flexibility index (Phi) is 7.27. The molecule has 1 unspecified atom stereocenters. The highest BCUT2D eigenvalue weighted by Gasteiger charge is 2.22. The number of nitrogens with zero attached hydrogens (tertiary/aromatic N) is 1. The molecule has 0 saturated carbocycles. The average Bonchev–Trinajstić information content (AvgIpc) is 2.84. The number of hydrogen-bond donors (Lipinski definition) is 2. The molecule has 0 radical (unpaired) electrons. The summed E-state index contributed by atoms with van der Waals surface area (Å²) in [6.07, 6.45) is 2.25. The van der Waals surface area contributed by atoms with Crippen LogP contribution in [0.25, 0.3) is 0 Å². The van der Waals surface area contributed by atoms with Crippen LogP contribution >= 0.6 is 24.2 Å². The summed E-state index contributed by atoms with van der Waals surface area (Å²) < 4.78 is 0. The van der Waals surface area contributed by atoms with E-state index in [2.05, 4.69) is 15.5 Å². The molecule has 1 atom stereocenters. The fraction of sp³-hybridized carbons (Fsp3) is 0.909. The van der Waals surface area contributed by atoms with Gasteiger partial charge in [0.25, 0.3) is 0 Å². The molecule has 1 amide bonds. The van der Waals surface area contributed by atoms with Crippen molar-refractivity contribution >= 4 is 30.1 Å². The zero-order chi connectivity index (χ0) is 11.2. The first-order chi connectivity index (χ1) is 7.86. The van der Waals surface area contributed by atoms with Crippen LogP contribution in [-0.2, 0) is 4.79 Å². The predicted molar refractivity (Wildman–Crippen MR) is 75.0 cm³/mol. The maximum atomic E-state index is 11.7. The van der Waals surface area contributed by atoms with Crippen molar-refractivity contribution in [2.24, 2.45) is 0 Å². The third-order valence-corrected chi connectivity index (χ3v) is 4.54. The van der Waals surface area contributed by atoms with E-state index in [-0.39, 0.29) is 23.6 Å². The van der Waals surface area contributed by atoms with Crippen molar-refractivity contribution in [2.75, 3.05) is 45.0 Å². The molecule has 4 nitrogen and oxygen atoms in total. The molecular weight excluding hydrogens is 258 g/mol. The van der Waals surface area contributed by atoms with Gasteiger partial charge in [0.1, 0.15) is 0 Å². The molecule has 2 heterocycles. The van der Waals surface area contributed by atoms with Gasteiger partial charge in [0.2, 0.25) is 5.91 Å². The number of halogens is 1. The Balaban J connectivity index is 0.00000144. The van der Waals surface area contributed by atoms with Gasteiger partial charge in [-0.3, -0.25) is 9.69 Å². The van der Waals surface area contributed by atoms with Crippen LogP contribution < -0.4 is 10.6 Å². The standard InChI is InChI=1S/C11H21N3OS.ClH/c15-11(10-2-1-9-16-10)13-5-8-14-6-3-12-4-7-14;/h10,12H,1-9H2,(H,13,15);1H. The first-order valence-corrected chi connectivity index (χ1v) is 7.23. The summed E-state index contributed by atoms with van der Waals surface area (Å²) in [5, 5.41) is 6.60. The van der Waals surface area contributed by atoms with Gasteiger partial charge in [-0.15, -0.1) is 24.2 Å². The topological polar surface area (TPSA) is 44.4 Å². The van der Waals surface area contributed by atoms with E-state index in [0.29, 0.717) is 0 Å². The smallest absolute Gasteiger partial charge is 0.233 e. The van der Waals surface area contributed by atoms with Gasteiger partial charge >= 0.3 is 0 Å². The van der Waals surface area contributed by atoms with Crippen LogP contribution in [0.3, 0.4) is 0 Å². The van der Waals surface area contributed by atoms with Gasteiger partial charge in [-0.05, 0) is 18.6 Å². The minimum Gasteiger partial charge on any atom is -0.354 e. The molecule has 0 bridgehead atoms. The monoisotopic (exact) mass is 279 g/mol. The summed E-state index contributed by atoms with van der Waals surface area (Å²) in [5.41, 5.74) is 0. The minimum absolute atomic E-state index is 0. The second-order valence-electron chi connectivity index (χ2n) is 4.38. The number of carbonyl (C=O) groups is 1. The molecule has 100 valence electrons. The molecule has 2 aliphatic rings. The van der Waals surface area contributed by atoms with E-state index in [0.717, 1.165) is 51.4 Å². The van der Waals surface area contributed by atoms with Gasteiger partial charge in [-0.2, -0.15) is 0 Å². The highest BCUT2D eigenvalue weighted by Crippen LogP contribution is 2.25. The third-order valence-electron chi connectivity index (χ3n) is 3.16. The largest absolute Gasteiger partial charge is 0.354 e. The molecule has 0 aromatic rings. The van der Waals surface area contributed by atoms with Gasteiger partial charge in [0.05, 0.1) is 5.25 Å². The van der Waals surface area contributed by atoms with E-state index in [1.807, 2.05) is 0 Å². The van der Waals surface area contributed by atoms with Gasteiger partial charge in [0, 0.05) is 39.3 Å². The summed E-state index contributed by atoms with van der Waals surface area (Å²) in [5.74, 6) is 1.40. The first-order valence-electron chi connectivity index (χ1n) is 6.18. The second-order valence-corrected chi connectivity index (χ2v) is 5.69. The number of thioether (sulfide) groups is 1. The van der Waals surface area contributed by atoms with E-state index < -0.39 is 0 Å². The maximum absolute atomic E-state index is 11.7. The number of rotatable bonds is 4. The normalized spacial score (nSPS) is 25.3. The van der Waals surface area contributed by atoms with E-state index in [9.17, 15) is 4.79 Å². The van der Waals surface area contributed by atoms with Gasteiger partial charge in [-0.1, -0.05) is 0 Å². The lowest BCUT2D eigenvalue weighted by Gasteiger charge is -2.27. The molecule has 0 aromatic carbocycles. The average molecular weight is 280 g/mol. The highest BCUT2D eigenvalue weighted by molar-refractivity contribution is 8.00. The predicted octanol–water partition coefficient (Wildman–Crippen LogP) is 0.325. The van der Waals surface area contributed by atoms with Crippen LogP contribution in [-0.4, -0.2) is 61.1 Å². The van der Waals surface area contributed by atoms with Crippen molar-refractivity contribution in [1.29, 1.82) is 0 Å². The Hall–Kier alpha value is 0.0300. The van der Waals surface area contributed by atoms with Gasteiger partial charge in [0.15, 0.2) is 0 Å². The molecule has 2 saturated heterocycles. The van der Waals surface area contributed by atoms with Gasteiger partial charge < -0.3 is 10.6 Å². The molecule has 17 heavy (non-hydrogen) atoms. The summed E-state index contributed by atoms with van der Waals surface area (Å²) in [7, 11) is 0. The number of nitrogens with one attached hydrogen (secondary N) is 2. The Morgan fingerprint density at radius 2 is 2.18 bits per heavy atom. The maximum Gasteiger partial charge on any atom is 0.233 e. The third kappa shape index (κ3) is 5.04. The number of amides is 1. The van der Waals surface area contributed by atoms with Crippen molar-refractivity contribution in [2.45, 2.75) is 18.1 Å². The Morgan fingerprint density at radius 3 is 2.82 bits per heavy atom. The zero-order valence-corrected chi connectivity index (χ0v) is 11.7. The van der Waals surface area contributed by atoms with E-state index >= 15 is 0 Å². The van der Waals surface area contributed by atoms with Crippen LogP contribution in [0.15, 0.2) is 0 Å². The molecule has 2 fully saturated rings. The number of carbonyl (C=O) groups excluding carboxylic acids is 1. The van der Waals surface area contributed by atoms with E-state index in [1.54, 1.807) is 11.8 Å². The summed E-state index contributed by atoms with van der Waals surface area (Å²) in [6.45, 7) is 6.15. The molecular formula is C11H22ClN3OS. The number of piperazine rings is 1. The van der Waals surface area contributed by atoms with Gasteiger partial charge in [-0.25, -0.2) is 0 Å². The lowest BCUT2D eigenvalue weighted by molar-refractivity contribution is -0.120. The van der Waals surface area contributed by atoms with Crippen LogP contribution in [0.5, 0.6) is 0 Å². The molecule has 2 aliphatic heterocycles. The quantitative estimate of drug-likeness (QED) is 0.778. The molecule has 2 N–H and O–H groups in total. The van der Waals surface area contributed by atoms with E-state index in [4.69, 9.17) is 0 Å². The van der Waals surface area contributed by atoms with Crippen LogP contribution in [0.4, 0.5) is 0 Å². The second kappa shape index (κ2) is 8.19. The summed E-state index contributed by atoms with van der Waals surface area (Å²) in [4.78, 5) is 14.1. The van der Waals surface area contributed by atoms with Crippen molar-refractivity contribution < 1.29 is 4.79 Å². The highest BCUT2D eigenvalue weighted by atomic mass is 35.5. The molecule has 0 spiro atoms. The van der Waals surface area contributed by atoms with Crippen molar-refractivity contribution in [3.05, 3.63) is 0 Å². The van der Waals surface area contributed by atoms with Crippen molar-refractivity contribution in [3.8, 4) is 0 Å². The zero-order valence-electron chi connectivity index (χ0n) is 10.1. The van der Waals surface area contributed by atoms with Crippen molar-refractivity contribution in [1.82, 2.24) is 15.5 Å². The van der Waals surface area contributed by atoms with Crippen molar-refractivity contribution in [3.63, 3.8) is 0 Å². The lowest BCUT2D eigenvalue weighted by Crippen LogP contribution is -2.46. The van der Waals surface area contributed by atoms with Crippen LogP contribution in [0, 0.1) is 0 Å². The molecule has 0 aromatic heterocycles. The number of hydrogen-bond acceptors (Lipinski definition) is 4. The Labute approximate surface area is 114 Å². The Morgan fingerprint density at radius 1 is 1.41 bits per heavy atom. The van der Waals surface area contributed by atoms with Crippen LogP contribution in [0.1, 0.15) is 12.8 Å².